The Kier molecular flexibility index (Phi) is 6.43. The molecule has 0 aliphatic rings. The molecule has 0 bridgehead atoms. The summed E-state index contributed by atoms with van der Waals surface area (Å²) in [6.45, 7) is 1.02. The lowest BCUT2D eigenvalue weighted by Crippen LogP contribution is -2.30. The van der Waals surface area contributed by atoms with Crippen molar-refractivity contribution in [1.29, 1.82) is 0 Å². The molecule has 0 unspecified atom stereocenters. The number of amides is 1. The smallest absolute Gasteiger partial charge is 0.256 e. The second kappa shape index (κ2) is 9.80. The number of aromatic hydroxyl groups is 1. The maximum Gasteiger partial charge on any atom is 0.256 e. The number of fused-ring (bicyclic) bond motifs is 1. The van der Waals surface area contributed by atoms with Gasteiger partial charge < -0.3 is 14.6 Å². The van der Waals surface area contributed by atoms with E-state index in [9.17, 15) is 9.90 Å². The topological polar surface area (TPSA) is 45.5 Å². The lowest BCUT2D eigenvalue weighted by atomic mass is 10.0. The van der Waals surface area contributed by atoms with Gasteiger partial charge in [0.25, 0.3) is 5.91 Å². The molecule has 0 atom stereocenters. The number of benzene rings is 4. The normalized spacial score (nSPS) is 11.0. The van der Waals surface area contributed by atoms with Crippen LogP contribution in [-0.4, -0.2) is 20.5 Å². The van der Waals surface area contributed by atoms with Gasteiger partial charge in [0.1, 0.15) is 5.75 Å². The van der Waals surface area contributed by atoms with Crippen LogP contribution in [0.1, 0.15) is 21.5 Å². The fraction of sp³-hybridized carbons (Fsp3) is 0.100. The van der Waals surface area contributed by atoms with Crippen LogP contribution in [0.25, 0.3) is 22.0 Å². The van der Waals surface area contributed by atoms with Crippen LogP contribution in [0.2, 0.25) is 0 Å². The van der Waals surface area contributed by atoms with Crippen molar-refractivity contribution in [2.75, 3.05) is 0 Å². The highest BCUT2D eigenvalue weighted by Gasteiger charge is 2.21. The minimum Gasteiger partial charge on any atom is -0.507 e. The zero-order chi connectivity index (χ0) is 24.4. The predicted molar refractivity (Wildman–Crippen MR) is 144 cm³/mol. The molecule has 0 fully saturated rings. The van der Waals surface area contributed by atoms with Crippen molar-refractivity contribution in [2.24, 2.45) is 7.05 Å². The van der Waals surface area contributed by atoms with Crippen molar-refractivity contribution in [3.8, 4) is 16.9 Å². The summed E-state index contributed by atoms with van der Waals surface area (Å²) in [5.74, 6) is 0.228. The first kappa shape index (κ1) is 22.9. The third kappa shape index (κ3) is 4.86. The third-order valence-electron chi connectivity index (χ3n) is 6.24. The van der Waals surface area contributed by atoms with Crippen molar-refractivity contribution in [3.63, 3.8) is 0 Å². The van der Waals surface area contributed by atoms with Gasteiger partial charge in [0.15, 0.2) is 0 Å². The van der Waals surface area contributed by atoms with Gasteiger partial charge in [-0.15, -0.1) is 0 Å². The summed E-state index contributed by atoms with van der Waals surface area (Å²) in [6.07, 6.45) is 1.93. The molecule has 1 heterocycles. The quantitative estimate of drug-likeness (QED) is 0.256. The van der Waals surface area contributed by atoms with E-state index in [4.69, 9.17) is 0 Å². The molecule has 0 aliphatic heterocycles. The molecule has 35 heavy (non-hydrogen) atoms. The molecular weight excluding hydrogens is 500 g/mol. The third-order valence-corrected chi connectivity index (χ3v) is 6.87. The van der Waals surface area contributed by atoms with E-state index < -0.39 is 0 Å². The van der Waals surface area contributed by atoms with Crippen LogP contribution in [0.3, 0.4) is 0 Å². The van der Waals surface area contributed by atoms with Gasteiger partial charge in [-0.1, -0.05) is 78.9 Å². The number of rotatable bonds is 6. The maximum atomic E-state index is 13.8. The number of hydrogen-bond acceptors (Lipinski definition) is 2. The number of halogens is 1. The highest BCUT2D eigenvalue weighted by Crippen LogP contribution is 2.30. The number of para-hydroxylation sites is 1. The predicted octanol–water partition coefficient (Wildman–Crippen LogP) is 7.16. The van der Waals surface area contributed by atoms with Gasteiger partial charge >= 0.3 is 0 Å². The lowest BCUT2D eigenvalue weighted by Gasteiger charge is -2.23. The molecule has 174 valence electrons. The van der Waals surface area contributed by atoms with Crippen LogP contribution in [0.5, 0.6) is 5.75 Å². The molecule has 5 rings (SSSR count). The van der Waals surface area contributed by atoms with E-state index in [1.54, 1.807) is 6.07 Å². The summed E-state index contributed by atoms with van der Waals surface area (Å²) in [4.78, 5) is 15.7. The molecule has 4 aromatic carbocycles. The van der Waals surface area contributed by atoms with E-state index in [2.05, 4.69) is 52.3 Å². The molecule has 0 aliphatic carbocycles. The van der Waals surface area contributed by atoms with E-state index in [1.165, 1.54) is 0 Å². The Balaban J connectivity index is 1.45. The van der Waals surface area contributed by atoms with Gasteiger partial charge in [-0.25, -0.2) is 0 Å². The van der Waals surface area contributed by atoms with Crippen molar-refractivity contribution in [2.45, 2.75) is 13.1 Å². The lowest BCUT2D eigenvalue weighted by molar-refractivity contribution is 0.0732. The van der Waals surface area contributed by atoms with E-state index >= 15 is 0 Å². The van der Waals surface area contributed by atoms with Crippen LogP contribution in [-0.2, 0) is 20.1 Å². The van der Waals surface area contributed by atoms with Crippen LogP contribution < -0.4 is 0 Å². The number of carbonyl (C=O) groups excluding carboxylic acids is 1. The van der Waals surface area contributed by atoms with Crippen molar-refractivity contribution in [3.05, 3.63) is 124 Å². The molecule has 1 N–H and O–H groups in total. The Hall–Kier alpha value is -3.83. The molecule has 0 radical (unpaired) electrons. The molecule has 0 spiro atoms. The second-order valence-electron chi connectivity index (χ2n) is 8.68. The highest BCUT2D eigenvalue weighted by molar-refractivity contribution is 9.10. The summed E-state index contributed by atoms with van der Waals surface area (Å²) in [7, 11) is 1.97. The second-order valence-corrected chi connectivity index (χ2v) is 9.54. The molecule has 0 saturated carbocycles. The summed E-state index contributed by atoms with van der Waals surface area (Å²) in [5, 5.41) is 10.7. The first-order valence-electron chi connectivity index (χ1n) is 11.4. The van der Waals surface area contributed by atoms with Gasteiger partial charge in [-0.2, -0.15) is 0 Å². The Morgan fingerprint density at radius 3 is 2.17 bits per heavy atom. The van der Waals surface area contributed by atoms with Crippen LogP contribution in [0.15, 0.2) is 108 Å². The highest BCUT2D eigenvalue weighted by atomic mass is 79.9. The van der Waals surface area contributed by atoms with E-state index in [-0.39, 0.29) is 11.7 Å². The van der Waals surface area contributed by atoms with Crippen LogP contribution >= 0.6 is 15.9 Å². The molecule has 4 nitrogen and oxygen atoms in total. The van der Waals surface area contributed by atoms with Crippen molar-refractivity contribution < 1.29 is 9.90 Å². The Morgan fingerprint density at radius 1 is 0.829 bits per heavy atom. The van der Waals surface area contributed by atoms with E-state index in [0.29, 0.717) is 23.1 Å². The molecule has 1 aromatic heterocycles. The summed E-state index contributed by atoms with van der Waals surface area (Å²) < 4.78 is 2.67. The zero-order valence-corrected chi connectivity index (χ0v) is 20.9. The number of aryl methyl sites for hydroxylation is 1. The van der Waals surface area contributed by atoms with E-state index in [1.807, 2.05) is 77.3 Å². The van der Waals surface area contributed by atoms with Crippen LogP contribution in [0, 0.1) is 0 Å². The zero-order valence-electron chi connectivity index (χ0n) is 19.4. The molecule has 0 saturated heterocycles. The minimum absolute atomic E-state index is 0.0113. The summed E-state index contributed by atoms with van der Waals surface area (Å²) in [5.41, 5.74) is 5.95. The number of nitrogens with zero attached hydrogens (tertiary/aromatic N) is 2. The largest absolute Gasteiger partial charge is 0.507 e. The molecule has 1 amide bonds. The van der Waals surface area contributed by atoms with Gasteiger partial charge in [-0.05, 0) is 56.4 Å². The van der Waals surface area contributed by atoms with Crippen molar-refractivity contribution in [1.82, 2.24) is 9.47 Å². The Morgan fingerprint density at radius 2 is 1.46 bits per heavy atom. The van der Waals surface area contributed by atoms with Crippen molar-refractivity contribution >= 4 is 32.7 Å². The maximum absolute atomic E-state index is 13.8. The standard InChI is InChI=1S/C30H25BrN2O2/c1-32-20-26(25-9-5-6-10-28(25)32)30(35)33(18-21-7-3-2-4-8-21)19-22-11-13-23(14-12-22)24-15-16-29(34)27(31)17-24/h2-17,20,34H,18-19H2,1H3. The van der Waals surface area contributed by atoms with Crippen LogP contribution in [0.4, 0.5) is 0 Å². The van der Waals surface area contributed by atoms with Gasteiger partial charge in [0, 0.05) is 37.2 Å². The Labute approximate surface area is 213 Å². The van der Waals surface area contributed by atoms with Gasteiger partial charge in [-0.3, -0.25) is 4.79 Å². The van der Waals surface area contributed by atoms with E-state index in [0.717, 1.165) is 33.2 Å². The number of hydrogen-bond donors (Lipinski definition) is 1. The first-order chi connectivity index (χ1) is 17.0. The molecular formula is C30H25BrN2O2. The Bertz CT molecular complexity index is 1490. The average Bonchev–Trinajstić information content (AvgIpc) is 3.22. The molecule has 5 heteroatoms. The number of phenolic OH excluding ortho intramolecular Hbond substituents is 1. The van der Waals surface area contributed by atoms with Gasteiger partial charge in [0.2, 0.25) is 0 Å². The fourth-order valence-corrected chi connectivity index (χ4v) is 4.77. The first-order valence-corrected chi connectivity index (χ1v) is 12.2. The monoisotopic (exact) mass is 524 g/mol. The number of carbonyl (C=O) groups is 1. The SMILES string of the molecule is Cn1cc(C(=O)N(Cc2ccccc2)Cc2ccc(-c3ccc(O)c(Br)c3)cc2)c2ccccc21. The fourth-order valence-electron chi connectivity index (χ4n) is 4.40. The summed E-state index contributed by atoms with van der Waals surface area (Å²) >= 11 is 3.38. The average molecular weight is 525 g/mol. The molecule has 5 aromatic rings. The number of aromatic nitrogens is 1. The minimum atomic E-state index is 0.0113. The summed E-state index contributed by atoms with van der Waals surface area (Å²) in [6, 6.07) is 31.8. The number of phenols is 1. The van der Waals surface area contributed by atoms with Gasteiger partial charge in [0.05, 0.1) is 10.0 Å².